The Morgan fingerprint density at radius 1 is 1.06 bits per heavy atom. The summed E-state index contributed by atoms with van der Waals surface area (Å²) >= 11 is 0. The lowest BCUT2D eigenvalue weighted by atomic mass is 10.0. The standard InChI is InChI=1S/C24H25N4O7P/c29-24-19-13-17(4-1-15(19)14-27(24)16-2-3-16)34-23-20(28(30)31)6-5-18-21(7-12-33-22(18)23)35-36(32,25-8-9-25)26-10-11-26/h1,4-6,13,16,21H,2-3,7-12,14H2/t21-/m1/s1. The lowest BCUT2D eigenvalue weighted by molar-refractivity contribution is -0.385. The van der Waals surface area contributed by atoms with Gasteiger partial charge in [0.25, 0.3) is 5.91 Å². The number of ether oxygens (including phenoxy) is 2. The van der Waals surface area contributed by atoms with Crippen LogP contribution in [0.4, 0.5) is 5.69 Å². The molecule has 1 atom stereocenters. The van der Waals surface area contributed by atoms with Crippen LogP contribution in [0.2, 0.25) is 0 Å². The van der Waals surface area contributed by atoms with Gasteiger partial charge >= 0.3 is 13.4 Å². The summed E-state index contributed by atoms with van der Waals surface area (Å²) in [6.45, 7) is 3.74. The number of amides is 1. The fourth-order valence-corrected chi connectivity index (χ4v) is 7.35. The van der Waals surface area contributed by atoms with Gasteiger partial charge in [0, 0.05) is 62.4 Å². The number of hydrogen-bond acceptors (Lipinski definition) is 7. The highest BCUT2D eigenvalue weighted by Crippen LogP contribution is 2.64. The second-order valence-corrected chi connectivity index (χ2v) is 12.1. The summed E-state index contributed by atoms with van der Waals surface area (Å²) in [5.41, 5.74) is 1.81. The van der Waals surface area contributed by atoms with Crippen molar-refractivity contribution in [3.8, 4) is 17.2 Å². The van der Waals surface area contributed by atoms with Crippen LogP contribution in [0.5, 0.6) is 17.2 Å². The van der Waals surface area contributed by atoms with Gasteiger partial charge in [0.2, 0.25) is 5.75 Å². The first-order chi connectivity index (χ1) is 17.4. The first kappa shape index (κ1) is 22.2. The van der Waals surface area contributed by atoms with E-state index in [1.54, 1.807) is 18.2 Å². The number of benzene rings is 2. The quantitative estimate of drug-likeness (QED) is 0.223. The van der Waals surface area contributed by atoms with Gasteiger partial charge in [0.05, 0.1) is 17.6 Å². The number of carbonyl (C=O) groups is 1. The summed E-state index contributed by atoms with van der Waals surface area (Å²) < 4.78 is 35.5. The number of nitrogens with zero attached hydrogens (tertiary/aromatic N) is 4. The maximum absolute atomic E-state index is 13.6. The van der Waals surface area contributed by atoms with Crippen LogP contribution in [-0.4, -0.2) is 63.9 Å². The second kappa shape index (κ2) is 8.01. The fraction of sp³-hybridized carbons (Fsp3) is 0.458. The van der Waals surface area contributed by atoms with Crippen molar-refractivity contribution in [1.29, 1.82) is 0 Å². The maximum Gasteiger partial charge on any atom is 0.346 e. The molecule has 1 aliphatic carbocycles. The maximum atomic E-state index is 13.6. The van der Waals surface area contributed by atoms with Gasteiger partial charge < -0.3 is 14.4 Å². The second-order valence-electron chi connectivity index (χ2n) is 9.80. The van der Waals surface area contributed by atoms with Crippen molar-refractivity contribution in [2.24, 2.45) is 0 Å². The zero-order valence-electron chi connectivity index (χ0n) is 19.5. The van der Waals surface area contributed by atoms with E-state index in [4.69, 9.17) is 14.0 Å². The van der Waals surface area contributed by atoms with E-state index in [1.807, 2.05) is 20.3 Å². The van der Waals surface area contributed by atoms with Gasteiger partial charge in [-0.2, -0.15) is 0 Å². The van der Waals surface area contributed by atoms with Crippen molar-refractivity contribution < 1.29 is 28.3 Å². The molecule has 0 bridgehead atoms. The summed E-state index contributed by atoms with van der Waals surface area (Å²) in [4.78, 5) is 26.1. The van der Waals surface area contributed by atoms with E-state index in [0.29, 0.717) is 35.9 Å². The topological polar surface area (TPSA) is 114 Å². The molecule has 2 aromatic carbocycles. The molecule has 3 fully saturated rings. The van der Waals surface area contributed by atoms with Crippen LogP contribution < -0.4 is 9.47 Å². The minimum Gasteiger partial charge on any atom is -0.489 e. The SMILES string of the molecule is O=C1c2cc(Oc3c([N+](=O)[O-])ccc4c3OCC[C@H]4OP(=O)(N3CC3)N3CC3)ccc2CN1C1CC1. The monoisotopic (exact) mass is 512 g/mol. The molecule has 0 aromatic heterocycles. The van der Waals surface area contributed by atoms with E-state index >= 15 is 0 Å². The molecule has 0 N–H and O–H groups in total. The lowest BCUT2D eigenvalue weighted by Gasteiger charge is -2.31. The molecule has 11 nitrogen and oxygen atoms in total. The van der Waals surface area contributed by atoms with E-state index in [9.17, 15) is 19.5 Å². The van der Waals surface area contributed by atoms with Gasteiger partial charge in [-0.05, 0) is 36.6 Å². The third kappa shape index (κ3) is 3.69. The molecule has 4 aliphatic heterocycles. The molecule has 1 amide bonds. The van der Waals surface area contributed by atoms with Gasteiger partial charge in [0.1, 0.15) is 5.75 Å². The fourth-order valence-electron chi connectivity index (χ4n) is 4.98. The van der Waals surface area contributed by atoms with E-state index in [-0.39, 0.29) is 29.7 Å². The van der Waals surface area contributed by atoms with Crippen molar-refractivity contribution >= 4 is 19.3 Å². The Balaban J connectivity index is 1.22. The molecule has 0 unspecified atom stereocenters. The molecular weight excluding hydrogens is 487 g/mol. The van der Waals surface area contributed by atoms with Gasteiger partial charge in [-0.15, -0.1) is 0 Å². The average Bonchev–Trinajstić information content (AvgIpc) is 3.72. The molecule has 1 saturated carbocycles. The van der Waals surface area contributed by atoms with Crippen molar-refractivity contribution in [3.05, 3.63) is 57.1 Å². The van der Waals surface area contributed by atoms with Crippen molar-refractivity contribution in [2.45, 2.75) is 38.0 Å². The molecule has 0 radical (unpaired) electrons. The largest absolute Gasteiger partial charge is 0.489 e. The minimum atomic E-state index is -3.11. The summed E-state index contributed by atoms with van der Waals surface area (Å²) in [5.74, 6) is 0.466. The Morgan fingerprint density at radius 3 is 2.47 bits per heavy atom. The first-order valence-corrected chi connectivity index (χ1v) is 13.8. The molecule has 2 saturated heterocycles. The van der Waals surface area contributed by atoms with E-state index in [2.05, 4.69) is 0 Å². The highest BCUT2D eigenvalue weighted by molar-refractivity contribution is 7.54. The minimum absolute atomic E-state index is 0.0341. The highest BCUT2D eigenvalue weighted by atomic mass is 31.2. The summed E-state index contributed by atoms with van der Waals surface area (Å²) in [7, 11) is -3.11. The van der Waals surface area contributed by atoms with Crippen molar-refractivity contribution in [3.63, 3.8) is 0 Å². The number of rotatable bonds is 8. The zero-order valence-corrected chi connectivity index (χ0v) is 20.4. The Bertz CT molecular complexity index is 1320. The predicted molar refractivity (Wildman–Crippen MR) is 127 cm³/mol. The van der Waals surface area contributed by atoms with Crippen molar-refractivity contribution in [1.82, 2.24) is 14.2 Å². The van der Waals surface area contributed by atoms with Gasteiger partial charge in [-0.3, -0.25) is 24.0 Å². The van der Waals surface area contributed by atoms with E-state index in [0.717, 1.165) is 44.6 Å². The number of hydrogen-bond donors (Lipinski definition) is 0. The molecule has 0 spiro atoms. The van der Waals surface area contributed by atoms with Gasteiger partial charge in [0.15, 0.2) is 5.75 Å². The Hall–Kier alpha value is -2.98. The number of carbonyl (C=O) groups excluding carboxylic acids is 1. The summed E-state index contributed by atoms with van der Waals surface area (Å²) in [6, 6.07) is 8.47. The molecule has 2 aromatic rings. The van der Waals surface area contributed by atoms with Gasteiger partial charge in [-0.25, -0.2) is 9.34 Å². The summed E-state index contributed by atoms with van der Waals surface area (Å²) in [5, 5.41) is 11.9. The number of nitro benzene ring substituents is 1. The third-order valence-electron chi connectivity index (χ3n) is 7.24. The third-order valence-corrected chi connectivity index (χ3v) is 10.00. The average molecular weight is 512 g/mol. The molecular formula is C24H25N4O7P. The summed E-state index contributed by atoms with van der Waals surface area (Å²) in [6.07, 6.45) is 1.97. The Morgan fingerprint density at radius 2 is 1.81 bits per heavy atom. The Kier molecular flexibility index (Phi) is 4.95. The van der Waals surface area contributed by atoms with Crippen LogP contribution >= 0.6 is 7.67 Å². The van der Waals surface area contributed by atoms with Gasteiger partial charge in [-0.1, -0.05) is 6.07 Å². The number of nitro groups is 1. The highest BCUT2D eigenvalue weighted by Gasteiger charge is 2.51. The van der Waals surface area contributed by atoms with Crippen molar-refractivity contribution in [2.75, 3.05) is 32.8 Å². The molecule has 36 heavy (non-hydrogen) atoms. The molecule has 188 valence electrons. The van der Waals surface area contributed by atoms with Crippen LogP contribution in [0.3, 0.4) is 0 Å². The smallest absolute Gasteiger partial charge is 0.346 e. The molecule has 7 rings (SSSR count). The van der Waals surface area contributed by atoms with Crippen LogP contribution in [-0.2, 0) is 15.6 Å². The zero-order chi connectivity index (χ0) is 24.6. The van der Waals surface area contributed by atoms with Crippen LogP contribution in [0, 0.1) is 10.1 Å². The van der Waals surface area contributed by atoms with Crippen LogP contribution in [0.25, 0.3) is 0 Å². The molecule has 12 heteroatoms. The number of fused-ring (bicyclic) bond motifs is 2. The normalized spacial score (nSPS) is 23.2. The lowest BCUT2D eigenvalue weighted by Crippen LogP contribution is -2.25. The molecule has 4 heterocycles. The van der Waals surface area contributed by atoms with Crippen LogP contribution in [0.15, 0.2) is 30.3 Å². The first-order valence-electron chi connectivity index (χ1n) is 12.3. The molecule has 5 aliphatic rings. The van der Waals surface area contributed by atoms with E-state index < -0.39 is 18.7 Å². The predicted octanol–water partition coefficient (Wildman–Crippen LogP) is 4.08. The van der Waals surface area contributed by atoms with Crippen LogP contribution in [0.1, 0.15) is 46.9 Å². The van der Waals surface area contributed by atoms with E-state index in [1.165, 1.54) is 6.07 Å². The Labute approximate surface area is 207 Å².